The van der Waals surface area contributed by atoms with Gasteiger partial charge in [-0.1, -0.05) is 35.9 Å². The van der Waals surface area contributed by atoms with Gasteiger partial charge in [-0.2, -0.15) is 0 Å². The Hall–Kier alpha value is -0.740. The lowest BCUT2D eigenvalue weighted by molar-refractivity contribution is 0.200. The first-order chi connectivity index (χ1) is 12.8. The molecule has 0 aliphatic heterocycles. The van der Waals surface area contributed by atoms with E-state index in [2.05, 4.69) is 0 Å². The molecule has 0 heterocycles. The third kappa shape index (κ3) is 6.12. The Bertz CT molecular complexity index is 647. The number of hydrogen-bond donors (Lipinski definition) is 0. The summed E-state index contributed by atoms with van der Waals surface area (Å²) in [6.45, 7) is 11.2. The van der Waals surface area contributed by atoms with Crippen molar-refractivity contribution in [3.63, 3.8) is 0 Å². The zero-order valence-electron chi connectivity index (χ0n) is 17.1. The Morgan fingerprint density at radius 2 is 1.15 bits per heavy atom. The molecule has 0 spiro atoms. The maximum absolute atomic E-state index is 13.8. The van der Waals surface area contributed by atoms with E-state index in [1.807, 2.05) is 44.2 Å². The molecular formula is C19H32O6P2. The van der Waals surface area contributed by atoms with Crippen LogP contribution in [-0.2, 0) is 27.2 Å². The molecule has 0 aliphatic carbocycles. The van der Waals surface area contributed by atoms with Crippen molar-refractivity contribution in [2.75, 3.05) is 26.4 Å². The van der Waals surface area contributed by atoms with Gasteiger partial charge in [0.15, 0.2) is 5.40 Å². The van der Waals surface area contributed by atoms with Crippen LogP contribution in [0.5, 0.6) is 0 Å². The second-order valence-electron chi connectivity index (χ2n) is 5.90. The van der Waals surface area contributed by atoms with E-state index in [-0.39, 0.29) is 26.4 Å². The summed E-state index contributed by atoms with van der Waals surface area (Å²) < 4.78 is 50.0. The molecule has 0 bridgehead atoms. The van der Waals surface area contributed by atoms with Gasteiger partial charge in [-0.05, 0) is 52.7 Å². The third-order valence-corrected chi connectivity index (χ3v) is 9.60. The number of rotatable bonds is 12. The number of allylic oxidation sites excluding steroid dienone is 2. The smallest absolute Gasteiger partial charge is 0.308 e. The van der Waals surface area contributed by atoms with Gasteiger partial charge in [-0.3, -0.25) is 9.13 Å². The summed E-state index contributed by atoms with van der Waals surface area (Å²) in [6, 6.07) is 9.37. The van der Waals surface area contributed by atoms with E-state index >= 15 is 0 Å². The molecule has 1 aromatic rings. The Morgan fingerprint density at radius 1 is 0.778 bits per heavy atom. The molecule has 0 saturated carbocycles. The average Bonchev–Trinajstić information content (AvgIpc) is 2.60. The highest BCUT2D eigenvalue weighted by Gasteiger charge is 2.53. The van der Waals surface area contributed by atoms with Crippen LogP contribution < -0.4 is 0 Å². The monoisotopic (exact) mass is 418 g/mol. The summed E-state index contributed by atoms with van der Waals surface area (Å²) in [7, 11) is -7.71. The highest BCUT2D eigenvalue weighted by molar-refractivity contribution is 7.73. The van der Waals surface area contributed by atoms with Gasteiger partial charge in [0.05, 0.1) is 26.4 Å². The van der Waals surface area contributed by atoms with Gasteiger partial charge in [-0.25, -0.2) is 0 Å². The molecule has 0 atom stereocenters. The fourth-order valence-corrected chi connectivity index (χ4v) is 8.67. The summed E-state index contributed by atoms with van der Waals surface area (Å²) in [6.07, 6.45) is 0. The first kappa shape index (κ1) is 24.3. The molecule has 1 aromatic carbocycles. The molecule has 27 heavy (non-hydrogen) atoms. The molecule has 0 fully saturated rings. The Morgan fingerprint density at radius 3 is 1.44 bits per heavy atom. The second-order valence-corrected chi connectivity index (χ2v) is 10.5. The van der Waals surface area contributed by atoms with E-state index in [1.54, 1.807) is 27.7 Å². The van der Waals surface area contributed by atoms with Gasteiger partial charge in [0, 0.05) is 0 Å². The van der Waals surface area contributed by atoms with Gasteiger partial charge >= 0.3 is 15.2 Å². The van der Waals surface area contributed by atoms with E-state index in [1.165, 1.54) is 0 Å². The molecule has 154 valence electrons. The van der Waals surface area contributed by atoms with Crippen LogP contribution in [0.2, 0.25) is 0 Å². The second kappa shape index (κ2) is 11.3. The quantitative estimate of drug-likeness (QED) is 0.369. The number of hydrogen-bond acceptors (Lipinski definition) is 6. The lowest BCUT2D eigenvalue weighted by Crippen LogP contribution is -2.20. The lowest BCUT2D eigenvalue weighted by Gasteiger charge is -2.33. The molecule has 0 amide bonds. The summed E-state index contributed by atoms with van der Waals surface area (Å²) in [5, 5.41) is -1.17. The normalized spacial score (nSPS) is 12.4. The molecular weight excluding hydrogens is 386 g/mol. The van der Waals surface area contributed by atoms with Crippen molar-refractivity contribution in [3.05, 3.63) is 41.5 Å². The molecule has 0 N–H and O–H groups in total. The standard InChI is InChI=1S/C19H32O6P2/c1-7-22-26(20,23-8-2)19(27(21,24-9-3)25-10-4)18(16(5)6)17-14-12-11-13-15-17/h11-15,19H,7-10H2,1-6H3. The predicted molar refractivity (Wildman–Crippen MR) is 110 cm³/mol. The van der Waals surface area contributed by atoms with Crippen LogP contribution in [0.1, 0.15) is 47.1 Å². The maximum atomic E-state index is 13.8. The SMILES string of the molecule is CCOP(=O)(OCC)C(C(=C(C)C)c1ccccc1)P(=O)(OCC)OCC. The van der Waals surface area contributed by atoms with Crippen molar-refractivity contribution in [1.82, 2.24) is 0 Å². The van der Waals surface area contributed by atoms with E-state index in [0.29, 0.717) is 5.57 Å². The molecule has 0 saturated heterocycles. The van der Waals surface area contributed by atoms with Crippen LogP contribution >= 0.6 is 15.2 Å². The third-order valence-electron chi connectivity index (χ3n) is 3.72. The zero-order valence-corrected chi connectivity index (χ0v) is 18.9. The molecule has 8 heteroatoms. The Labute approximate surface area is 163 Å². The summed E-state index contributed by atoms with van der Waals surface area (Å²) in [5.74, 6) is 0. The summed E-state index contributed by atoms with van der Waals surface area (Å²) >= 11 is 0. The van der Waals surface area contributed by atoms with Crippen molar-refractivity contribution >= 4 is 20.8 Å². The Kier molecular flexibility index (Phi) is 10.2. The molecule has 0 aliphatic rings. The molecule has 1 rings (SSSR count). The summed E-state index contributed by atoms with van der Waals surface area (Å²) in [5.41, 5.74) is 2.22. The summed E-state index contributed by atoms with van der Waals surface area (Å²) in [4.78, 5) is 0. The Balaban J connectivity index is 3.78. The van der Waals surface area contributed by atoms with Gasteiger partial charge < -0.3 is 18.1 Å². The minimum Gasteiger partial charge on any atom is -0.308 e. The van der Waals surface area contributed by atoms with Crippen molar-refractivity contribution in [2.45, 2.75) is 46.9 Å². The average molecular weight is 418 g/mol. The van der Waals surface area contributed by atoms with Crippen molar-refractivity contribution in [1.29, 1.82) is 0 Å². The minimum absolute atomic E-state index is 0.150. The van der Waals surface area contributed by atoms with Gasteiger partial charge in [0.1, 0.15) is 0 Å². The van der Waals surface area contributed by atoms with Crippen molar-refractivity contribution in [3.8, 4) is 0 Å². The predicted octanol–water partition coefficient (Wildman–Crippen LogP) is 6.34. The van der Waals surface area contributed by atoms with Gasteiger partial charge in [0.25, 0.3) is 0 Å². The van der Waals surface area contributed by atoms with Crippen LogP contribution in [0, 0.1) is 0 Å². The lowest BCUT2D eigenvalue weighted by atomic mass is 10.0. The van der Waals surface area contributed by atoms with Gasteiger partial charge in [0.2, 0.25) is 0 Å². The first-order valence-electron chi connectivity index (χ1n) is 9.29. The highest BCUT2D eigenvalue weighted by Crippen LogP contribution is 2.74. The van der Waals surface area contributed by atoms with Crippen LogP contribution in [-0.4, -0.2) is 31.8 Å². The fraction of sp³-hybridized carbons (Fsp3) is 0.579. The molecule has 6 nitrogen and oxygen atoms in total. The van der Waals surface area contributed by atoms with E-state index in [9.17, 15) is 9.13 Å². The van der Waals surface area contributed by atoms with Crippen LogP contribution in [0.3, 0.4) is 0 Å². The minimum atomic E-state index is -3.86. The topological polar surface area (TPSA) is 71.1 Å². The van der Waals surface area contributed by atoms with Crippen LogP contribution in [0.4, 0.5) is 0 Å². The zero-order chi connectivity index (χ0) is 20.5. The largest absolute Gasteiger partial charge is 0.350 e. The first-order valence-corrected chi connectivity index (χ1v) is 12.5. The van der Waals surface area contributed by atoms with Crippen molar-refractivity contribution in [2.24, 2.45) is 0 Å². The van der Waals surface area contributed by atoms with E-state index in [0.717, 1.165) is 11.1 Å². The van der Waals surface area contributed by atoms with Crippen LogP contribution in [0.15, 0.2) is 35.9 Å². The van der Waals surface area contributed by atoms with Gasteiger partial charge in [-0.15, -0.1) is 0 Å². The van der Waals surface area contributed by atoms with E-state index in [4.69, 9.17) is 18.1 Å². The molecule has 0 radical (unpaired) electrons. The fourth-order valence-electron chi connectivity index (χ4n) is 2.88. The van der Waals surface area contributed by atoms with E-state index < -0.39 is 20.6 Å². The molecule has 0 unspecified atom stereocenters. The highest BCUT2D eigenvalue weighted by atomic mass is 31.2. The van der Waals surface area contributed by atoms with Crippen molar-refractivity contribution < 1.29 is 27.2 Å². The molecule has 0 aromatic heterocycles. The van der Waals surface area contributed by atoms with Crippen LogP contribution in [0.25, 0.3) is 5.57 Å². The maximum Gasteiger partial charge on any atom is 0.350 e. The number of benzene rings is 1.